The van der Waals surface area contributed by atoms with Crippen molar-refractivity contribution in [3.8, 4) is 84.4 Å². The van der Waals surface area contributed by atoms with E-state index in [0.29, 0.717) is 28.6 Å². The van der Waals surface area contributed by atoms with Crippen LogP contribution in [0.2, 0.25) is 0 Å². The highest BCUT2D eigenvalue weighted by Crippen LogP contribution is 2.49. The number of benzene rings is 15. The molecule has 15 aromatic carbocycles. The van der Waals surface area contributed by atoms with Crippen molar-refractivity contribution in [2.24, 2.45) is 0 Å². The monoisotopic (exact) mass is 1400 g/mol. The zero-order chi connectivity index (χ0) is 72.9. The molecule has 19 rings (SSSR count). The molecule has 0 fully saturated rings. The van der Waals surface area contributed by atoms with Crippen LogP contribution in [-0.2, 0) is 22.7 Å². The predicted octanol–water partition coefficient (Wildman–Crippen LogP) is 21.7. The van der Waals surface area contributed by atoms with Gasteiger partial charge in [0.05, 0.1) is 27.8 Å². The lowest BCUT2D eigenvalue weighted by Gasteiger charge is -2.44. The van der Waals surface area contributed by atoms with E-state index in [1.54, 1.807) is 0 Å². The van der Waals surface area contributed by atoms with E-state index in [0.717, 1.165) is 156 Å². The summed E-state index contributed by atoms with van der Waals surface area (Å²) in [7, 11) is 0. The van der Waals surface area contributed by atoms with Crippen molar-refractivity contribution in [2.45, 2.75) is 20.1 Å². The van der Waals surface area contributed by atoms with E-state index >= 15 is 0 Å². The standard InChI is InChI=1S/C98H67BN6O4/c1-64-37-52-88(83(55-64)96-101-94(72-33-19-7-20-34-72)100-95(102-96)73-35-21-8-22-36-73)105-86-53-44-74(69-31-17-6-18-32-69)56-81(86)82-57-75(45-54-87(82)105)78-60-91-93-92(61-78)104(80-48-40-71(41-49-80)68-29-15-5-16-30-68)90-59-77(98(107)109-63-66-25-11-3-12-26-66)43-51-85(90)99(93)84-50-42-76(97(106)108-62-65-23-9-2-10-24-65)58-89(84)103(91)79-46-38-70(39-47-79)67-27-13-4-14-28-67/h2-61H,62-63H2,1H3. The van der Waals surface area contributed by atoms with E-state index in [1.807, 2.05) is 158 Å². The minimum Gasteiger partial charge on any atom is -0.457 e. The maximum atomic E-state index is 14.7. The van der Waals surface area contributed by atoms with Crippen LogP contribution >= 0.6 is 0 Å². The van der Waals surface area contributed by atoms with Crippen molar-refractivity contribution in [2.75, 3.05) is 9.80 Å². The van der Waals surface area contributed by atoms with Gasteiger partial charge in [-0.1, -0.05) is 272 Å². The number of carbonyl (C=O) groups excluding carboxylic acids is 2. The quantitative estimate of drug-likeness (QED) is 0.0691. The van der Waals surface area contributed by atoms with E-state index in [-0.39, 0.29) is 13.2 Å². The van der Waals surface area contributed by atoms with Crippen LogP contribution in [0.1, 0.15) is 37.4 Å². The van der Waals surface area contributed by atoms with Gasteiger partial charge in [0.2, 0.25) is 0 Å². The summed E-state index contributed by atoms with van der Waals surface area (Å²) in [5, 5.41) is 2.08. The van der Waals surface area contributed by atoms with E-state index in [4.69, 9.17) is 24.4 Å². The molecule has 0 radical (unpaired) electrons. The SMILES string of the molecule is Cc1ccc(-n2c3ccc(-c4ccccc4)cc3c3cc(-c4cc5c6c(c4)N(c4ccc(-c7ccccc7)cc4)c4cc(C(=O)OCc7ccccc7)ccc4B6c4ccc(C(=O)OCc6ccccc6)cc4N5c4ccc(-c5ccccc5)cc4)ccc32)c(-c2nc(-c3ccccc3)nc(-c3ccccc3)n2)c1. The van der Waals surface area contributed by atoms with Gasteiger partial charge in [-0.25, -0.2) is 24.5 Å². The zero-order valence-electron chi connectivity index (χ0n) is 59.4. The number of aromatic nitrogens is 4. The molecular formula is C98H67BN6O4. The van der Waals surface area contributed by atoms with Gasteiger partial charge in [-0.3, -0.25) is 0 Å². The average Bonchev–Trinajstić information content (AvgIpc) is 1.11. The predicted molar refractivity (Wildman–Crippen MR) is 442 cm³/mol. The van der Waals surface area contributed by atoms with Gasteiger partial charge in [-0.15, -0.1) is 0 Å². The number of rotatable bonds is 16. The molecule has 2 aliphatic heterocycles. The molecule has 0 aliphatic carbocycles. The first-order chi connectivity index (χ1) is 53.8. The number of esters is 2. The highest BCUT2D eigenvalue weighted by atomic mass is 16.5. The Hall–Kier alpha value is -14.3. The molecule has 0 N–H and O–H groups in total. The Morgan fingerprint density at radius 2 is 0.679 bits per heavy atom. The summed E-state index contributed by atoms with van der Waals surface area (Å²) in [5.41, 5.74) is 25.7. The van der Waals surface area contributed by atoms with Crippen LogP contribution in [0.3, 0.4) is 0 Å². The fourth-order valence-electron chi connectivity index (χ4n) is 15.7. The van der Waals surface area contributed by atoms with Crippen molar-refractivity contribution in [1.82, 2.24) is 19.5 Å². The van der Waals surface area contributed by atoms with E-state index < -0.39 is 18.7 Å². The normalized spacial score (nSPS) is 12.0. The highest BCUT2D eigenvalue weighted by Gasteiger charge is 2.44. The first kappa shape index (κ1) is 65.5. The third kappa shape index (κ3) is 12.3. The lowest BCUT2D eigenvalue weighted by molar-refractivity contribution is 0.0464. The van der Waals surface area contributed by atoms with E-state index in [9.17, 15) is 9.59 Å². The average molecular weight is 1400 g/mol. The Morgan fingerprint density at radius 1 is 0.312 bits per heavy atom. The van der Waals surface area contributed by atoms with Gasteiger partial charge >= 0.3 is 11.9 Å². The summed E-state index contributed by atoms with van der Waals surface area (Å²) in [6, 6.07) is 125. The Bertz CT molecular complexity index is 6060. The minimum absolute atomic E-state index is 0.109. The topological polar surface area (TPSA) is 103 Å². The number of hydrogen-bond donors (Lipinski definition) is 0. The molecule has 17 aromatic rings. The number of ether oxygens (including phenoxy) is 2. The van der Waals surface area contributed by atoms with Gasteiger partial charge in [-0.05, 0) is 176 Å². The molecule has 2 aromatic heterocycles. The van der Waals surface area contributed by atoms with Crippen LogP contribution in [0.4, 0.5) is 34.1 Å². The lowest BCUT2D eigenvalue weighted by atomic mass is 9.33. The first-order valence-corrected chi connectivity index (χ1v) is 36.7. The van der Waals surface area contributed by atoms with Gasteiger partial charge in [0.25, 0.3) is 6.71 Å². The molecule has 0 spiro atoms. The van der Waals surface area contributed by atoms with Crippen LogP contribution in [0.5, 0.6) is 0 Å². The molecule has 0 bridgehead atoms. The smallest absolute Gasteiger partial charge is 0.338 e. The van der Waals surface area contributed by atoms with Gasteiger partial charge in [0.1, 0.15) is 13.2 Å². The van der Waals surface area contributed by atoms with Crippen LogP contribution in [0, 0.1) is 6.92 Å². The molecule has 0 unspecified atom stereocenters. The largest absolute Gasteiger partial charge is 0.457 e. The molecular weight excluding hydrogens is 1340 g/mol. The molecule has 11 heteroatoms. The molecule has 109 heavy (non-hydrogen) atoms. The van der Waals surface area contributed by atoms with Crippen LogP contribution < -0.4 is 26.2 Å². The van der Waals surface area contributed by atoms with Crippen LogP contribution in [0.25, 0.3) is 106 Å². The summed E-state index contributed by atoms with van der Waals surface area (Å²) in [6.45, 7) is 1.92. The fourth-order valence-corrected chi connectivity index (χ4v) is 15.7. The minimum atomic E-state index is -0.443. The molecule has 516 valence electrons. The zero-order valence-corrected chi connectivity index (χ0v) is 59.4. The third-order valence-corrected chi connectivity index (χ3v) is 21.0. The maximum Gasteiger partial charge on any atom is 0.338 e. The van der Waals surface area contributed by atoms with E-state index in [2.05, 4.69) is 228 Å². The third-order valence-electron chi connectivity index (χ3n) is 21.0. The van der Waals surface area contributed by atoms with Crippen molar-refractivity contribution < 1.29 is 19.1 Å². The number of nitrogens with zero attached hydrogens (tertiary/aromatic N) is 6. The summed E-state index contributed by atoms with van der Waals surface area (Å²) in [5.74, 6) is 0.818. The summed E-state index contributed by atoms with van der Waals surface area (Å²) < 4.78 is 14.7. The highest BCUT2D eigenvalue weighted by molar-refractivity contribution is 7.00. The Balaban J connectivity index is 0.856. The van der Waals surface area contributed by atoms with Crippen molar-refractivity contribution in [1.29, 1.82) is 0 Å². The summed E-state index contributed by atoms with van der Waals surface area (Å²) >= 11 is 0. The summed E-state index contributed by atoms with van der Waals surface area (Å²) in [4.78, 5) is 49.9. The van der Waals surface area contributed by atoms with Crippen molar-refractivity contribution in [3.05, 3.63) is 392 Å². The van der Waals surface area contributed by atoms with Crippen LogP contribution in [-0.4, -0.2) is 38.2 Å². The van der Waals surface area contributed by atoms with Gasteiger partial charge in [0.15, 0.2) is 17.5 Å². The number of hydrogen-bond acceptors (Lipinski definition) is 9. The first-order valence-electron chi connectivity index (χ1n) is 36.7. The second kappa shape index (κ2) is 28.0. The van der Waals surface area contributed by atoms with Crippen LogP contribution in [0.15, 0.2) is 364 Å². The number of aryl methyl sites for hydroxylation is 1. The fraction of sp³-hybridized carbons (Fsp3) is 0.0306. The molecule has 0 atom stereocenters. The number of fused-ring (bicyclic) bond motifs is 7. The molecule has 4 heterocycles. The van der Waals surface area contributed by atoms with Crippen molar-refractivity contribution in [3.63, 3.8) is 0 Å². The molecule has 0 saturated heterocycles. The van der Waals surface area contributed by atoms with E-state index in [1.165, 1.54) is 0 Å². The van der Waals surface area contributed by atoms with Crippen molar-refractivity contribution >= 4 is 91.0 Å². The van der Waals surface area contributed by atoms with Gasteiger partial charge < -0.3 is 23.8 Å². The Morgan fingerprint density at radius 3 is 1.11 bits per heavy atom. The molecule has 0 amide bonds. The van der Waals surface area contributed by atoms with Gasteiger partial charge in [0, 0.05) is 61.6 Å². The lowest BCUT2D eigenvalue weighted by Crippen LogP contribution is -2.61. The Labute approximate surface area is 631 Å². The Kier molecular flexibility index (Phi) is 16.8. The molecule has 2 aliphatic rings. The van der Waals surface area contributed by atoms with Gasteiger partial charge in [-0.2, -0.15) is 0 Å². The molecule has 0 saturated carbocycles. The summed E-state index contributed by atoms with van der Waals surface area (Å²) in [6.07, 6.45) is 0. The second-order valence-electron chi connectivity index (χ2n) is 27.8. The number of anilines is 6. The second-order valence-corrected chi connectivity index (χ2v) is 27.8. The molecule has 10 nitrogen and oxygen atoms in total. The maximum absolute atomic E-state index is 14.7. The number of carbonyl (C=O) groups is 2.